The van der Waals surface area contributed by atoms with Crippen molar-refractivity contribution in [1.82, 2.24) is 9.55 Å². The first-order valence-electron chi connectivity index (χ1n) is 6.13. The van der Waals surface area contributed by atoms with Crippen molar-refractivity contribution in [3.05, 3.63) is 11.9 Å². The molecule has 0 saturated heterocycles. The van der Waals surface area contributed by atoms with Crippen molar-refractivity contribution < 1.29 is 4.74 Å². The molecule has 0 unspecified atom stereocenters. The van der Waals surface area contributed by atoms with Crippen LogP contribution in [0.1, 0.15) is 32.4 Å². The Kier molecular flexibility index (Phi) is 5.93. The molecule has 16 heavy (non-hydrogen) atoms. The van der Waals surface area contributed by atoms with E-state index in [1.807, 2.05) is 13.8 Å². The third-order valence-corrected chi connectivity index (χ3v) is 2.32. The van der Waals surface area contributed by atoms with Gasteiger partial charge in [-0.2, -0.15) is 0 Å². The molecule has 0 fully saturated rings. The summed E-state index contributed by atoms with van der Waals surface area (Å²) >= 11 is 0. The number of imidazole rings is 1. The number of hydrogen-bond donors (Lipinski definition) is 1. The molecule has 1 aromatic heterocycles. The van der Waals surface area contributed by atoms with Crippen LogP contribution in [-0.2, 0) is 11.3 Å². The zero-order chi connectivity index (χ0) is 11.8. The molecule has 0 aromatic carbocycles. The molecule has 0 aliphatic rings. The first kappa shape index (κ1) is 13.0. The Morgan fingerprint density at radius 1 is 1.44 bits per heavy atom. The lowest BCUT2D eigenvalue weighted by Gasteiger charge is -2.08. The van der Waals surface area contributed by atoms with Gasteiger partial charge in [-0.15, -0.1) is 0 Å². The van der Waals surface area contributed by atoms with Crippen LogP contribution in [0.2, 0.25) is 0 Å². The van der Waals surface area contributed by atoms with Gasteiger partial charge in [0.05, 0.1) is 5.69 Å². The standard InChI is InChI=1S/C12H23N3O/c1-4-7-13-12-14-11(3)10-15(12)8-6-9-16-5-2/h10H,4-9H2,1-3H3,(H,13,14). The highest BCUT2D eigenvalue weighted by atomic mass is 16.5. The fourth-order valence-electron chi connectivity index (χ4n) is 1.58. The average molecular weight is 225 g/mol. The van der Waals surface area contributed by atoms with Crippen LogP contribution in [0.5, 0.6) is 0 Å². The molecule has 0 spiro atoms. The quantitative estimate of drug-likeness (QED) is 0.691. The van der Waals surface area contributed by atoms with E-state index in [1.165, 1.54) is 0 Å². The van der Waals surface area contributed by atoms with Gasteiger partial charge >= 0.3 is 0 Å². The summed E-state index contributed by atoms with van der Waals surface area (Å²) < 4.78 is 7.50. The number of anilines is 1. The molecule has 0 atom stereocenters. The lowest BCUT2D eigenvalue weighted by atomic mass is 10.4. The van der Waals surface area contributed by atoms with Gasteiger partial charge in [0.1, 0.15) is 0 Å². The topological polar surface area (TPSA) is 39.1 Å². The van der Waals surface area contributed by atoms with Gasteiger partial charge < -0.3 is 14.6 Å². The maximum Gasteiger partial charge on any atom is 0.203 e. The van der Waals surface area contributed by atoms with Crippen LogP contribution in [0.25, 0.3) is 0 Å². The summed E-state index contributed by atoms with van der Waals surface area (Å²) in [5.41, 5.74) is 1.06. The second-order valence-electron chi connectivity index (χ2n) is 3.88. The molecule has 0 saturated carbocycles. The highest BCUT2D eigenvalue weighted by Gasteiger charge is 2.03. The van der Waals surface area contributed by atoms with E-state index in [-0.39, 0.29) is 0 Å². The summed E-state index contributed by atoms with van der Waals surface area (Å²) in [6.45, 7) is 9.76. The van der Waals surface area contributed by atoms with E-state index in [9.17, 15) is 0 Å². The number of aromatic nitrogens is 2. The molecule has 0 radical (unpaired) electrons. The number of hydrogen-bond acceptors (Lipinski definition) is 3. The number of aryl methyl sites for hydroxylation is 2. The summed E-state index contributed by atoms with van der Waals surface area (Å²) in [4.78, 5) is 4.46. The minimum Gasteiger partial charge on any atom is -0.382 e. The zero-order valence-corrected chi connectivity index (χ0v) is 10.6. The van der Waals surface area contributed by atoms with Crippen LogP contribution in [0.3, 0.4) is 0 Å². The Bertz CT molecular complexity index is 296. The second-order valence-corrected chi connectivity index (χ2v) is 3.88. The first-order valence-corrected chi connectivity index (χ1v) is 6.13. The van der Waals surface area contributed by atoms with E-state index in [0.29, 0.717) is 0 Å². The highest BCUT2D eigenvalue weighted by Crippen LogP contribution is 2.09. The normalized spacial score (nSPS) is 10.7. The van der Waals surface area contributed by atoms with Crippen LogP contribution >= 0.6 is 0 Å². The van der Waals surface area contributed by atoms with Crippen LogP contribution in [0.4, 0.5) is 5.95 Å². The van der Waals surface area contributed by atoms with E-state index in [0.717, 1.165) is 50.8 Å². The maximum atomic E-state index is 5.33. The summed E-state index contributed by atoms with van der Waals surface area (Å²) in [5, 5.41) is 3.34. The number of ether oxygens (including phenoxy) is 1. The number of nitrogens with one attached hydrogen (secondary N) is 1. The highest BCUT2D eigenvalue weighted by molar-refractivity contribution is 5.28. The molecule has 1 rings (SSSR count). The average Bonchev–Trinajstić information content (AvgIpc) is 2.62. The Balaban J connectivity index is 2.43. The Morgan fingerprint density at radius 3 is 2.94 bits per heavy atom. The largest absolute Gasteiger partial charge is 0.382 e. The van der Waals surface area contributed by atoms with Crippen LogP contribution < -0.4 is 5.32 Å². The summed E-state index contributed by atoms with van der Waals surface area (Å²) in [6, 6.07) is 0. The van der Waals surface area contributed by atoms with E-state index in [4.69, 9.17) is 4.74 Å². The lowest BCUT2D eigenvalue weighted by Crippen LogP contribution is -2.09. The van der Waals surface area contributed by atoms with Crippen molar-refractivity contribution in [2.45, 2.75) is 40.2 Å². The fraction of sp³-hybridized carbons (Fsp3) is 0.750. The van der Waals surface area contributed by atoms with Crippen molar-refractivity contribution in [2.75, 3.05) is 25.1 Å². The Labute approximate surface area is 98.0 Å². The molecule has 0 aliphatic heterocycles. The van der Waals surface area contributed by atoms with Crippen molar-refractivity contribution in [3.63, 3.8) is 0 Å². The van der Waals surface area contributed by atoms with E-state index >= 15 is 0 Å². The summed E-state index contributed by atoms with van der Waals surface area (Å²) in [5.74, 6) is 0.982. The molecule has 4 heteroatoms. The molecule has 0 amide bonds. The van der Waals surface area contributed by atoms with Crippen LogP contribution in [-0.4, -0.2) is 29.3 Å². The number of rotatable bonds is 8. The zero-order valence-electron chi connectivity index (χ0n) is 10.6. The summed E-state index contributed by atoms with van der Waals surface area (Å²) in [6.07, 6.45) is 4.24. The van der Waals surface area contributed by atoms with Gasteiger partial charge in [0.25, 0.3) is 0 Å². The summed E-state index contributed by atoms with van der Waals surface area (Å²) in [7, 11) is 0. The van der Waals surface area contributed by atoms with Gasteiger partial charge in [-0.25, -0.2) is 4.98 Å². The Morgan fingerprint density at radius 2 is 2.25 bits per heavy atom. The van der Waals surface area contributed by atoms with Gasteiger partial charge in [-0.05, 0) is 26.7 Å². The minimum atomic E-state index is 0.796. The van der Waals surface area contributed by atoms with Gasteiger partial charge in [0, 0.05) is 32.5 Å². The lowest BCUT2D eigenvalue weighted by molar-refractivity contribution is 0.142. The molecular weight excluding hydrogens is 202 g/mol. The maximum absolute atomic E-state index is 5.33. The Hall–Kier alpha value is -1.03. The third-order valence-electron chi connectivity index (χ3n) is 2.32. The predicted molar refractivity (Wildman–Crippen MR) is 66.9 cm³/mol. The van der Waals surface area contributed by atoms with Crippen LogP contribution in [0, 0.1) is 6.92 Å². The molecule has 92 valence electrons. The molecule has 0 aliphatic carbocycles. The third kappa shape index (κ3) is 4.23. The first-order chi connectivity index (χ1) is 7.77. The smallest absolute Gasteiger partial charge is 0.203 e. The fourth-order valence-corrected chi connectivity index (χ4v) is 1.58. The van der Waals surface area contributed by atoms with Gasteiger partial charge in [-0.1, -0.05) is 6.92 Å². The van der Waals surface area contributed by atoms with E-state index in [1.54, 1.807) is 0 Å². The van der Waals surface area contributed by atoms with Crippen LogP contribution in [0.15, 0.2) is 6.20 Å². The van der Waals surface area contributed by atoms with Crippen molar-refractivity contribution in [1.29, 1.82) is 0 Å². The molecule has 0 bridgehead atoms. The van der Waals surface area contributed by atoms with Gasteiger partial charge in [0.2, 0.25) is 5.95 Å². The van der Waals surface area contributed by atoms with E-state index < -0.39 is 0 Å². The molecule has 4 nitrogen and oxygen atoms in total. The SMILES string of the molecule is CCCNc1nc(C)cn1CCCOCC. The van der Waals surface area contributed by atoms with E-state index in [2.05, 4.69) is 28.0 Å². The second kappa shape index (κ2) is 7.28. The minimum absolute atomic E-state index is 0.796. The van der Waals surface area contributed by atoms with Gasteiger partial charge in [0.15, 0.2) is 0 Å². The molecule has 1 heterocycles. The van der Waals surface area contributed by atoms with Gasteiger partial charge in [-0.3, -0.25) is 0 Å². The molecule has 1 N–H and O–H groups in total. The number of nitrogens with zero attached hydrogens (tertiary/aromatic N) is 2. The molecule has 1 aromatic rings. The monoisotopic (exact) mass is 225 g/mol. The van der Waals surface area contributed by atoms with Crippen molar-refractivity contribution >= 4 is 5.95 Å². The molecular formula is C12H23N3O. The van der Waals surface area contributed by atoms with Crippen molar-refractivity contribution in [3.8, 4) is 0 Å². The van der Waals surface area contributed by atoms with Crippen molar-refractivity contribution in [2.24, 2.45) is 0 Å². The predicted octanol–water partition coefficient (Wildman–Crippen LogP) is 2.44.